The first-order valence-electron chi connectivity index (χ1n) is 8.82. The molecule has 0 aromatic heterocycles. The first-order valence-corrected chi connectivity index (χ1v) is 8.82. The summed E-state index contributed by atoms with van der Waals surface area (Å²) in [5, 5.41) is 10.7. The van der Waals surface area contributed by atoms with Crippen LogP contribution in [0.2, 0.25) is 0 Å². The van der Waals surface area contributed by atoms with Crippen LogP contribution in [0, 0.1) is 5.41 Å². The lowest BCUT2D eigenvalue weighted by Crippen LogP contribution is -2.35. The summed E-state index contributed by atoms with van der Waals surface area (Å²) >= 11 is 0. The maximum absolute atomic E-state index is 13.1. The second-order valence-electron chi connectivity index (χ2n) is 7.80. The second kappa shape index (κ2) is 5.84. The van der Waals surface area contributed by atoms with Gasteiger partial charge in [-0.15, -0.1) is 0 Å². The molecule has 4 heteroatoms. The number of hydrogen-bond donors (Lipinski definition) is 1. The van der Waals surface area contributed by atoms with Crippen LogP contribution in [0.5, 0.6) is 0 Å². The van der Waals surface area contributed by atoms with Gasteiger partial charge in [-0.1, -0.05) is 50.2 Å². The van der Waals surface area contributed by atoms with Gasteiger partial charge in [0.2, 0.25) is 0 Å². The van der Waals surface area contributed by atoms with Gasteiger partial charge in [0, 0.05) is 24.1 Å². The molecule has 2 aliphatic rings. The van der Waals surface area contributed by atoms with E-state index >= 15 is 0 Å². The van der Waals surface area contributed by atoms with Gasteiger partial charge in [0.1, 0.15) is 5.76 Å². The molecule has 1 aliphatic heterocycles. The van der Waals surface area contributed by atoms with Crippen molar-refractivity contribution in [2.75, 3.05) is 4.90 Å². The molecular formula is C22H21NO3. The zero-order chi connectivity index (χ0) is 18.5. The van der Waals surface area contributed by atoms with Crippen LogP contribution < -0.4 is 4.90 Å². The van der Waals surface area contributed by atoms with Crippen LogP contribution in [-0.4, -0.2) is 16.8 Å². The van der Waals surface area contributed by atoms with Gasteiger partial charge in [-0.25, -0.2) is 0 Å². The van der Waals surface area contributed by atoms with E-state index in [4.69, 9.17) is 0 Å². The molecular weight excluding hydrogens is 326 g/mol. The van der Waals surface area contributed by atoms with E-state index in [9.17, 15) is 14.7 Å². The number of carbonyl (C=O) groups excluding carboxylic acids is 2. The van der Waals surface area contributed by atoms with Crippen molar-refractivity contribution in [3.05, 3.63) is 77.1 Å². The van der Waals surface area contributed by atoms with Crippen molar-refractivity contribution >= 4 is 17.4 Å². The van der Waals surface area contributed by atoms with Crippen LogP contribution >= 0.6 is 0 Å². The van der Waals surface area contributed by atoms with Crippen LogP contribution in [-0.2, 0) is 4.79 Å². The molecule has 0 radical (unpaired) electrons. The summed E-state index contributed by atoms with van der Waals surface area (Å²) in [6.45, 7) is 3.95. The predicted molar refractivity (Wildman–Crippen MR) is 100 cm³/mol. The molecule has 4 rings (SSSR count). The number of Topliss-reactive ketones (excluding diaryl/α,β-unsaturated/α-hetero) is 1. The Morgan fingerprint density at radius 2 is 1.62 bits per heavy atom. The van der Waals surface area contributed by atoms with Gasteiger partial charge in [0.25, 0.3) is 5.91 Å². The minimum Gasteiger partial charge on any atom is -0.512 e. The van der Waals surface area contributed by atoms with E-state index in [0.29, 0.717) is 24.0 Å². The standard InChI is InChI=1S/C22H21NO3/c1-22(2)12-17(24)19(18(25)13-22)20-15-10-6-7-11-16(15)21(26)23(20)14-8-4-3-5-9-14/h3-11,20,24H,12-13H2,1-2H3. The largest absolute Gasteiger partial charge is 0.512 e. The smallest absolute Gasteiger partial charge is 0.259 e. The molecule has 0 bridgehead atoms. The molecule has 0 spiro atoms. The van der Waals surface area contributed by atoms with Gasteiger partial charge in [-0.2, -0.15) is 0 Å². The third kappa shape index (κ3) is 2.53. The van der Waals surface area contributed by atoms with Crippen molar-refractivity contribution in [3.63, 3.8) is 0 Å². The molecule has 1 N–H and O–H groups in total. The van der Waals surface area contributed by atoms with Gasteiger partial charge < -0.3 is 5.11 Å². The summed E-state index contributed by atoms with van der Waals surface area (Å²) in [6, 6.07) is 16.1. The third-order valence-electron chi connectivity index (χ3n) is 5.17. The highest BCUT2D eigenvalue weighted by molar-refractivity contribution is 6.14. The number of para-hydroxylation sites is 1. The quantitative estimate of drug-likeness (QED) is 0.864. The molecule has 1 heterocycles. The van der Waals surface area contributed by atoms with Crippen molar-refractivity contribution in [2.24, 2.45) is 5.41 Å². The van der Waals surface area contributed by atoms with Crippen molar-refractivity contribution in [1.82, 2.24) is 0 Å². The number of hydrogen-bond acceptors (Lipinski definition) is 3. The van der Waals surface area contributed by atoms with Crippen LogP contribution in [0.1, 0.15) is 48.7 Å². The molecule has 1 aliphatic carbocycles. The molecule has 132 valence electrons. The van der Waals surface area contributed by atoms with Crippen LogP contribution in [0.4, 0.5) is 5.69 Å². The number of ketones is 1. The molecule has 1 unspecified atom stereocenters. The number of allylic oxidation sites excluding steroid dienone is 1. The van der Waals surface area contributed by atoms with Crippen LogP contribution in [0.25, 0.3) is 0 Å². The molecule has 2 aromatic rings. The Morgan fingerprint density at radius 3 is 2.31 bits per heavy atom. The molecule has 26 heavy (non-hydrogen) atoms. The Kier molecular flexibility index (Phi) is 3.72. The Hall–Kier alpha value is -2.88. The third-order valence-corrected chi connectivity index (χ3v) is 5.17. The van der Waals surface area contributed by atoms with E-state index in [1.54, 1.807) is 11.0 Å². The summed E-state index contributed by atoms with van der Waals surface area (Å²) in [5.74, 6) is -0.134. The van der Waals surface area contributed by atoms with E-state index < -0.39 is 6.04 Å². The highest BCUT2D eigenvalue weighted by Crippen LogP contribution is 2.47. The van der Waals surface area contributed by atoms with E-state index in [0.717, 1.165) is 11.3 Å². The van der Waals surface area contributed by atoms with Gasteiger partial charge in [-0.3, -0.25) is 14.5 Å². The second-order valence-corrected chi connectivity index (χ2v) is 7.80. The van der Waals surface area contributed by atoms with Gasteiger partial charge >= 0.3 is 0 Å². The number of anilines is 1. The summed E-state index contributed by atoms with van der Waals surface area (Å²) in [5.41, 5.74) is 2.16. The Bertz CT molecular complexity index is 927. The van der Waals surface area contributed by atoms with E-state index in [1.807, 2.05) is 62.4 Å². The lowest BCUT2D eigenvalue weighted by molar-refractivity contribution is -0.118. The molecule has 2 aromatic carbocycles. The normalized spacial score (nSPS) is 21.9. The van der Waals surface area contributed by atoms with Crippen molar-refractivity contribution in [3.8, 4) is 0 Å². The van der Waals surface area contributed by atoms with E-state index in [1.165, 1.54) is 0 Å². The maximum atomic E-state index is 13.1. The molecule has 1 atom stereocenters. The topological polar surface area (TPSA) is 57.6 Å². The maximum Gasteiger partial charge on any atom is 0.259 e. The number of carbonyl (C=O) groups is 2. The fraction of sp³-hybridized carbons (Fsp3) is 0.273. The van der Waals surface area contributed by atoms with Crippen LogP contribution in [0.15, 0.2) is 65.9 Å². The number of aliphatic hydroxyl groups excluding tert-OH is 1. The summed E-state index contributed by atoms with van der Waals surface area (Å²) < 4.78 is 0. The van der Waals surface area contributed by atoms with Gasteiger partial charge in [0.15, 0.2) is 5.78 Å². The first-order chi connectivity index (χ1) is 12.4. The van der Waals surface area contributed by atoms with E-state index in [2.05, 4.69) is 0 Å². The lowest BCUT2D eigenvalue weighted by Gasteiger charge is -2.34. The number of benzene rings is 2. The fourth-order valence-corrected chi connectivity index (χ4v) is 4.07. The van der Waals surface area contributed by atoms with Crippen molar-refractivity contribution < 1.29 is 14.7 Å². The minimum absolute atomic E-state index is 0.0887. The zero-order valence-corrected chi connectivity index (χ0v) is 14.9. The molecule has 4 nitrogen and oxygen atoms in total. The highest BCUT2D eigenvalue weighted by atomic mass is 16.3. The average Bonchev–Trinajstić information content (AvgIpc) is 2.87. The Balaban J connectivity index is 1.92. The van der Waals surface area contributed by atoms with Crippen molar-refractivity contribution in [2.45, 2.75) is 32.7 Å². The number of fused-ring (bicyclic) bond motifs is 1. The zero-order valence-electron chi connectivity index (χ0n) is 14.9. The lowest BCUT2D eigenvalue weighted by atomic mass is 9.74. The van der Waals surface area contributed by atoms with Crippen LogP contribution in [0.3, 0.4) is 0 Å². The number of aliphatic hydroxyl groups is 1. The number of nitrogens with zero attached hydrogens (tertiary/aromatic N) is 1. The molecule has 0 fully saturated rings. The Morgan fingerprint density at radius 1 is 0.962 bits per heavy atom. The minimum atomic E-state index is -0.579. The van der Waals surface area contributed by atoms with Gasteiger partial charge in [-0.05, 0) is 29.2 Å². The number of rotatable bonds is 2. The Labute approximate surface area is 152 Å². The predicted octanol–water partition coefficient (Wildman–Crippen LogP) is 4.59. The monoisotopic (exact) mass is 347 g/mol. The average molecular weight is 347 g/mol. The molecule has 0 saturated carbocycles. The summed E-state index contributed by atoms with van der Waals surface area (Å²) in [7, 11) is 0. The van der Waals surface area contributed by atoms with Crippen molar-refractivity contribution in [1.29, 1.82) is 0 Å². The highest BCUT2D eigenvalue weighted by Gasteiger charge is 2.45. The number of amides is 1. The van der Waals surface area contributed by atoms with Gasteiger partial charge in [0.05, 0.1) is 11.6 Å². The summed E-state index contributed by atoms with van der Waals surface area (Å²) in [6.07, 6.45) is 0.797. The summed E-state index contributed by atoms with van der Waals surface area (Å²) in [4.78, 5) is 27.7. The fourth-order valence-electron chi connectivity index (χ4n) is 4.07. The molecule has 1 amide bonds. The SMILES string of the molecule is CC1(C)CC(=O)C(C2c3ccccc3C(=O)N2c2ccccc2)=C(O)C1. The van der Waals surface area contributed by atoms with E-state index in [-0.39, 0.29) is 22.9 Å². The first kappa shape index (κ1) is 16.6. The molecule has 0 saturated heterocycles.